The predicted octanol–water partition coefficient (Wildman–Crippen LogP) is 3.91. The van der Waals surface area contributed by atoms with E-state index in [4.69, 9.17) is 14.7 Å². The second-order valence-corrected chi connectivity index (χ2v) is 11.7. The summed E-state index contributed by atoms with van der Waals surface area (Å²) in [6.45, 7) is 9.29. The molecule has 8 nitrogen and oxygen atoms in total. The highest BCUT2D eigenvalue weighted by molar-refractivity contribution is 5.87. The number of nitriles is 1. The molecule has 0 bridgehead atoms. The molecule has 1 aromatic heterocycles. The summed E-state index contributed by atoms with van der Waals surface area (Å²) >= 11 is 0. The molecule has 2 saturated heterocycles. The third-order valence-electron chi connectivity index (χ3n) is 9.57. The molecule has 8 heteroatoms. The van der Waals surface area contributed by atoms with Gasteiger partial charge in [0.15, 0.2) is 0 Å². The van der Waals surface area contributed by atoms with Gasteiger partial charge in [-0.25, -0.2) is 0 Å². The first-order valence-corrected chi connectivity index (χ1v) is 14.5. The van der Waals surface area contributed by atoms with Gasteiger partial charge in [0.1, 0.15) is 12.4 Å². The highest BCUT2D eigenvalue weighted by Crippen LogP contribution is 2.50. The number of allylic oxidation sites excluding steroid dienone is 1. The maximum atomic E-state index is 12.5. The van der Waals surface area contributed by atoms with Crippen LogP contribution in [0.2, 0.25) is 0 Å². The third-order valence-corrected chi connectivity index (χ3v) is 9.57. The highest BCUT2D eigenvalue weighted by atomic mass is 16.5. The molecule has 1 unspecified atom stereocenters. The molecule has 2 aliphatic heterocycles. The largest absolute Gasteiger partial charge is 0.462 e. The van der Waals surface area contributed by atoms with Crippen molar-refractivity contribution in [3.05, 3.63) is 64.9 Å². The van der Waals surface area contributed by atoms with E-state index in [2.05, 4.69) is 66.8 Å². The summed E-state index contributed by atoms with van der Waals surface area (Å²) in [4.78, 5) is 28.9. The molecule has 1 spiro atoms. The van der Waals surface area contributed by atoms with Crippen molar-refractivity contribution in [1.29, 1.82) is 5.26 Å². The van der Waals surface area contributed by atoms with Crippen molar-refractivity contribution in [1.82, 2.24) is 19.8 Å². The molecule has 4 aliphatic rings. The Labute approximate surface area is 237 Å². The molecule has 208 valence electrons. The molecule has 1 aromatic carbocycles. The number of rotatable bonds is 6. The predicted molar refractivity (Wildman–Crippen MR) is 155 cm³/mol. The summed E-state index contributed by atoms with van der Waals surface area (Å²) in [5.41, 5.74) is 6.25. The number of aromatic nitrogens is 2. The fraction of sp³-hybridized carbons (Fsp3) is 0.500. The van der Waals surface area contributed by atoms with Crippen molar-refractivity contribution < 1.29 is 9.53 Å². The number of hydrogen-bond donors (Lipinski definition) is 0. The summed E-state index contributed by atoms with van der Waals surface area (Å²) in [6.07, 6.45) is 8.92. The molecule has 2 aliphatic carbocycles. The van der Waals surface area contributed by atoms with Crippen LogP contribution < -0.4 is 9.64 Å². The lowest BCUT2D eigenvalue weighted by atomic mass is 9.67. The van der Waals surface area contributed by atoms with Crippen molar-refractivity contribution in [2.24, 2.45) is 0 Å². The summed E-state index contributed by atoms with van der Waals surface area (Å²) in [7, 11) is 2.15. The van der Waals surface area contributed by atoms with Gasteiger partial charge < -0.3 is 19.4 Å². The Morgan fingerprint density at radius 2 is 2.10 bits per heavy atom. The van der Waals surface area contributed by atoms with E-state index in [0.717, 1.165) is 43.7 Å². The van der Waals surface area contributed by atoms with Crippen LogP contribution in [0.5, 0.6) is 6.01 Å². The first kappa shape index (κ1) is 26.5. The van der Waals surface area contributed by atoms with Crippen molar-refractivity contribution in [3.8, 4) is 12.1 Å². The fourth-order valence-electron chi connectivity index (χ4n) is 7.24. The van der Waals surface area contributed by atoms with Crippen LogP contribution >= 0.6 is 0 Å². The Hall–Kier alpha value is -3.70. The number of amides is 1. The van der Waals surface area contributed by atoms with Crippen LogP contribution in [0.15, 0.2) is 42.5 Å². The number of ether oxygens (including phenoxy) is 1. The van der Waals surface area contributed by atoms with Gasteiger partial charge in [0.2, 0.25) is 5.91 Å². The minimum Gasteiger partial charge on any atom is -0.462 e. The average Bonchev–Trinajstić information content (AvgIpc) is 3.50. The first-order chi connectivity index (χ1) is 19.4. The first-order valence-electron chi connectivity index (χ1n) is 14.5. The van der Waals surface area contributed by atoms with Crippen LogP contribution in [0.3, 0.4) is 0 Å². The molecule has 0 saturated carbocycles. The van der Waals surface area contributed by atoms with Crippen molar-refractivity contribution in [2.45, 2.75) is 62.9 Å². The van der Waals surface area contributed by atoms with Gasteiger partial charge in [-0.3, -0.25) is 4.79 Å². The van der Waals surface area contributed by atoms with E-state index in [0.29, 0.717) is 38.3 Å². The number of nitrogens with zero attached hydrogens (tertiary/aromatic N) is 6. The molecule has 3 heterocycles. The minimum absolute atomic E-state index is 0.0590. The summed E-state index contributed by atoms with van der Waals surface area (Å²) in [6, 6.07) is 11.6. The number of benzene rings is 1. The number of anilines is 1. The maximum Gasteiger partial charge on any atom is 0.318 e. The van der Waals surface area contributed by atoms with E-state index in [1.807, 2.05) is 0 Å². The van der Waals surface area contributed by atoms with Crippen molar-refractivity contribution >= 4 is 17.8 Å². The van der Waals surface area contributed by atoms with Gasteiger partial charge in [-0.15, -0.1) is 0 Å². The van der Waals surface area contributed by atoms with E-state index >= 15 is 0 Å². The molecule has 2 aromatic rings. The second-order valence-electron chi connectivity index (χ2n) is 11.7. The van der Waals surface area contributed by atoms with Crippen LogP contribution in [0.1, 0.15) is 55.0 Å². The van der Waals surface area contributed by atoms with E-state index in [1.54, 1.807) is 4.90 Å². The zero-order valence-corrected chi connectivity index (χ0v) is 23.6. The molecular formula is C32H38N6O2. The van der Waals surface area contributed by atoms with E-state index in [9.17, 15) is 10.1 Å². The number of piperazine rings is 1. The van der Waals surface area contributed by atoms with Crippen molar-refractivity contribution in [2.75, 3.05) is 44.7 Å². The quantitative estimate of drug-likeness (QED) is 0.516. The monoisotopic (exact) mass is 538 g/mol. The van der Waals surface area contributed by atoms with Crippen molar-refractivity contribution in [3.63, 3.8) is 0 Å². The number of likely N-dealkylation sites (tertiary alicyclic amines) is 1. The Balaban J connectivity index is 1.35. The normalized spacial score (nSPS) is 25.8. The summed E-state index contributed by atoms with van der Waals surface area (Å²) in [5.74, 6) is 0.773. The van der Waals surface area contributed by atoms with Crippen LogP contribution in [0, 0.1) is 11.3 Å². The van der Waals surface area contributed by atoms with Crippen LogP contribution in [-0.4, -0.2) is 77.6 Å². The standard InChI is InChI=1S/C32H38N6O2/c1-4-29(39)38-17-16-37(20-24(38)12-14-33)30-26-11-13-32(22(2)18-23-8-5-6-10-27(23)32)19-28(26)34-31(35-30)40-21-25-9-7-15-36(25)3/h4-6,8,10,18,24-25H,1,7,9,11-13,15-17,19-21H2,2-3H3/t24-,25-,32?/m0/s1. The number of fused-ring (bicyclic) bond motifs is 3. The molecule has 40 heavy (non-hydrogen) atoms. The van der Waals surface area contributed by atoms with Gasteiger partial charge in [-0.1, -0.05) is 42.5 Å². The molecule has 0 radical (unpaired) electrons. The molecular weight excluding hydrogens is 500 g/mol. The lowest BCUT2D eigenvalue weighted by molar-refractivity contribution is -0.128. The SMILES string of the molecule is C=CC(=O)N1CCN(c2nc(OC[C@@H]3CCCN3C)nc3c2CCC2(C3)C(C)=Cc3ccccc32)C[C@@H]1CC#N. The summed E-state index contributed by atoms with van der Waals surface area (Å²) < 4.78 is 6.32. The Morgan fingerprint density at radius 1 is 1.25 bits per heavy atom. The van der Waals surface area contributed by atoms with Gasteiger partial charge in [0, 0.05) is 43.1 Å². The number of hydrogen-bond acceptors (Lipinski definition) is 7. The minimum atomic E-state index is -0.215. The topological polar surface area (TPSA) is 85.6 Å². The van der Waals surface area contributed by atoms with Crippen LogP contribution in [-0.2, 0) is 23.1 Å². The van der Waals surface area contributed by atoms with Gasteiger partial charge in [0.25, 0.3) is 0 Å². The summed E-state index contributed by atoms with van der Waals surface area (Å²) in [5, 5.41) is 9.51. The lowest BCUT2D eigenvalue weighted by Crippen LogP contribution is -2.55. The third kappa shape index (κ3) is 4.56. The number of likely N-dealkylation sites (N-methyl/N-ethyl adjacent to an activating group) is 1. The van der Waals surface area contributed by atoms with Gasteiger partial charge in [-0.2, -0.15) is 15.2 Å². The van der Waals surface area contributed by atoms with E-state index < -0.39 is 0 Å². The Morgan fingerprint density at radius 3 is 2.88 bits per heavy atom. The zero-order chi connectivity index (χ0) is 27.9. The van der Waals surface area contributed by atoms with E-state index in [1.165, 1.54) is 34.8 Å². The smallest absolute Gasteiger partial charge is 0.318 e. The lowest BCUT2D eigenvalue weighted by Gasteiger charge is -2.43. The second kappa shape index (κ2) is 10.7. The zero-order valence-electron chi connectivity index (χ0n) is 23.6. The average molecular weight is 539 g/mol. The van der Waals surface area contributed by atoms with Crippen LogP contribution in [0.4, 0.5) is 5.82 Å². The molecule has 0 N–H and O–H groups in total. The maximum absolute atomic E-state index is 12.5. The number of carbonyl (C=O) groups excluding carboxylic acids is 1. The van der Waals surface area contributed by atoms with Gasteiger partial charge >= 0.3 is 6.01 Å². The molecule has 2 fully saturated rings. The van der Waals surface area contributed by atoms with Crippen LogP contribution in [0.25, 0.3) is 6.08 Å². The Kier molecular flexibility index (Phi) is 7.09. The molecule has 1 amide bonds. The number of carbonyl (C=O) groups is 1. The van der Waals surface area contributed by atoms with Gasteiger partial charge in [0.05, 0.1) is 24.2 Å². The van der Waals surface area contributed by atoms with Gasteiger partial charge in [-0.05, 0) is 63.4 Å². The van der Waals surface area contributed by atoms with E-state index in [-0.39, 0.29) is 23.8 Å². The highest BCUT2D eigenvalue weighted by Gasteiger charge is 2.44. The fourth-order valence-corrected chi connectivity index (χ4v) is 7.24. The molecule has 3 atom stereocenters. The Bertz CT molecular complexity index is 1400. The molecule has 6 rings (SSSR count).